The van der Waals surface area contributed by atoms with E-state index in [-0.39, 0.29) is 17.4 Å². The van der Waals surface area contributed by atoms with Crippen molar-refractivity contribution in [3.63, 3.8) is 0 Å². The SMILES string of the molecule is CC1(C(=O)NC2CCc3cc(C(=O)NO)ccc3C2)CCNCC1. The second-order valence-electron chi connectivity index (χ2n) is 7.15. The molecule has 2 amide bonds. The van der Waals surface area contributed by atoms with Crippen molar-refractivity contribution < 1.29 is 14.8 Å². The summed E-state index contributed by atoms with van der Waals surface area (Å²) >= 11 is 0. The van der Waals surface area contributed by atoms with Crippen LogP contribution < -0.4 is 16.1 Å². The van der Waals surface area contributed by atoms with Gasteiger partial charge in [0.15, 0.2) is 0 Å². The van der Waals surface area contributed by atoms with Crippen LogP contribution >= 0.6 is 0 Å². The average Bonchev–Trinajstić information content (AvgIpc) is 2.61. The standard InChI is InChI=1S/C18H25N3O3/c1-18(6-8-19-9-7-18)17(23)20-15-5-4-12-10-14(16(22)21-24)3-2-13(12)11-15/h2-3,10,15,19,24H,4-9,11H2,1H3,(H,20,23)(H,21,22). The molecule has 24 heavy (non-hydrogen) atoms. The summed E-state index contributed by atoms with van der Waals surface area (Å²) in [6, 6.07) is 5.61. The number of carbonyl (C=O) groups is 2. The van der Waals surface area contributed by atoms with Crippen LogP contribution in [0.15, 0.2) is 18.2 Å². The number of carbonyl (C=O) groups excluding carboxylic acids is 2. The third kappa shape index (κ3) is 3.44. The Bertz CT molecular complexity index is 638. The minimum Gasteiger partial charge on any atom is -0.353 e. The third-order valence-electron chi connectivity index (χ3n) is 5.39. The molecular weight excluding hydrogens is 306 g/mol. The maximum absolute atomic E-state index is 12.7. The number of rotatable bonds is 3. The number of nitrogens with one attached hydrogen (secondary N) is 3. The minimum atomic E-state index is -0.493. The molecule has 130 valence electrons. The van der Waals surface area contributed by atoms with Gasteiger partial charge < -0.3 is 10.6 Å². The van der Waals surface area contributed by atoms with Gasteiger partial charge in [-0.15, -0.1) is 0 Å². The smallest absolute Gasteiger partial charge is 0.274 e. The predicted molar refractivity (Wildman–Crippen MR) is 89.9 cm³/mol. The Kier molecular flexibility index (Phi) is 4.87. The summed E-state index contributed by atoms with van der Waals surface area (Å²) in [5.41, 5.74) is 4.14. The number of piperidine rings is 1. The highest BCUT2D eigenvalue weighted by Crippen LogP contribution is 2.29. The van der Waals surface area contributed by atoms with E-state index in [1.807, 2.05) is 12.1 Å². The lowest BCUT2D eigenvalue weighted by molar-refractivity contribution is -0.132. The zero-order valence-electron chi connectivity index (χ0n) is 14.0. The molecule has 0 bridgehead atoms. The molecule has 1 fully saturated rings. The molecule has 3 rings (SSSR count). The zero-order valence-corrected chi connectivity index (χ0v) is 14.0. The van der Waals surface area contributed by atoms with Crippen molar-refractivity contribution in [2.75, 3.05) is 13.1 Å². The summed E-state index contributed by atoms with van der Waals surface area (Å²) in [6.45, 7) is 3.85. The molecule has 6 nitrogen and oxygen atoms in total. The summed E-state index contributed by atoms with van der Waals surface area (Å²) in [5, 5.41) is 15.3. The highest BCUT2D eigenvalue weighted by molar-refractivity contribution is 5.93. The van der Waals surface area contributed by atoms with Crippen molar-refractivity contribution >= 4 is 11.8 Å². The number of hydrogen-bond donors (Lipinski definition) is 4. The van der Waals surface area contributed by atoms with Crippen LogP contribution in [-0.4, -0.2) is 36.2 Å². The molecule has 0 aromatic heterocycles. The van der Waals surface area contributed by atoms with Gasteiger partial charge in [0.2, 0.25) is 5.91 Å². The van der Waals surface area contributed by atoms with E-state index in [2.05, 4.69) is 17.6 Å². The maximum Gasteiger partial charge on any atom is 0.274 e. The van der Waals surface area contributed by atoms with E-state index < -0.39 is 5.91 Å². The van der Waals surface area contributed by atoms with Crippen molar-refractivity contribution in [2.24, 2.45) is 5.41 Å². The van der Waals surface area contributed by atoms with Gasteiger partial charge in [0.05, 0.1) is 0 Å². The van der Waals surface area contributed by atoms with Gasteiger partial charge >= 0.3 is 0 Å². The normalized spacial score (nSPS) is 22.3. The summed E-state index contributed by atoms with van der Waals surface area (Å²) < 4.78 is 0. The quantitative estimate of drug-likeness (QED) is 0.494. The van der Waals surface area contributed by atoms with Gasteiger partial charge in [0.1, 0.15) is 0 Å². The molecule has 4 N–H and O–H groups in total. The Labute approximate surface area is 142 Å². The highest BCUT2D eigenvalue weighted by atomic mass is 16.5. The Balaban J connectivity index is 1.65. The number of hydrogen-bond acceptors (Lipinski definition) is 4. The Morgan fingerprint density at radius 2 is 2.00 bits per heavy atom. The molecule has 1 aromatic rings. The predicted octanol–water partition coefficient (Wildman–Crippen LogP) is 1.17. The number of benzene rings is 1. The third-order valence-corrected chi connectivity index (χ3v) is 5.39. The van der Waals surface area contributed by atoms with Crippen LogP contribution in [0.25, 0.3) is 0 Å². The summed E-state index contributed by atoms with van der Waals surface area (Å²) in [7, 11) is 0. The topological polar surface area (TPSA) is 90.5 Å². The fourth-order valence-electron chi connectivity index (χ4n) is 3.65. The van der Waals surface area contributed by atoms with Crippen LogP contribution in [0, 0.1) is 5.41 Å². The molecule has 6 heteroatoms. The highest BCUT2D eigenvalue weighted by Gasteiger charge is 2.36. The van der Waals surface area contributed by atoms with Gasteiger partial charge in [-0.25, -0.2) is 5.48 Å². The first kappa shape index (κ1) is 16.9. The van der Waals surface area contributed by atoms with E-state index in [1.54, 1.807) is 11.5 Å². The van der Waals surface area contributed by atoms with Crippen molar-refractivity contribution in [1.29, 1.82) is 0 Å². The average molecular weight is 331 g/mol. The van der Waals surface area contributed by atoms with Gasteiger partial charge in [-0.2, -0.15) is 0 Å². The van der Waals surface area contributed by atoms with Gasteiger partial charge in [0.25, 0.3) is 5.91 Å². The molecule has 1 heterocycles. The molecule has 1 aliphatic heterocycles. The van der Waals surface area contributed by atoms with Crippen molar-refractivity contribution in [3.8, 4) is 0 Å². The van der Waals surface area contributed by atoms with E-state index in [0.29, 0.717) is 5.56 Å². The Morgan fingerprint density at radius 1 is 1.25 bits per heavy atom. The summed E-state index contributed by atoms with van der Waals surface area (Å²) in [6.07, 6.45) is 4.24. The van der Waals surface area contributed by atoms with Crippen LogP contribution in [0.3, 0.4) is 0 Å². The van der Waals surface area contributed by atoms with Crippen LogP contribution in [0.1, 0.15) is 47.7 Å². The molecular formula is C18H25N3O3. The van der Waals surface area contributed by atoms with Crippen molar-refractivity contribution in [1.82, 2.24) is 16.1 Å². The minimum absolute atomic E-state index is 0.147. The molecule has 2 aliphatic rings. The fraction of sp³-hybridized carbons (Fsp3) is 0.556. The molecule has 0 spiro atoms. The van der Waals surface area contributed by atoms with Crippen LogP contribution in [0.5, 0.6) is 0 Å². The second kappa shape index (κ2) is 6.91. The lowest BCUT2D eigenvalue weighted by atomic mass is 9.79. The van der Waals surface area contributed by atoms with Gasteiger partial charge in [-0.05, 0) is 68.5 Å². The number of fused-ring (bicyclic) bond motifs is 1. The van der Waals surface area contributed by atoms with E-state index in [9.17, 15) is 9.59 Å². The Morgan fingerprint density at radius 3 is 2.71 bits per heavy atom. The van der Waals surface area contributed by atoms with E-state index in [4.69, 9.17) is 5.21 Å². The van der Waals surface area contributed by atoms with E-state index in [0.717, 1.165) is 56.3 Å². The number of hydroxylamine groups is 1. The van der Waals surface area contributed by atoms with Gasteiger partial charge in [0, 0.05) is 17.0 Å². The number of amides is 2. The molecule has 1 unspecified atom stereocenters. The summed E-state index contributed by atoms with van der Waals surface area (Å²) in [5.74, 6) is -0.333. The monoisotopic (exact) mass is 331 g/mol. The first-order chi connectivity index (χ1) is 11.5. The molecule has 1 aromatic carbocycles. The molecule has 1 atom stereocenters. The lowest BCUT2D eigenvalue weighted by Crippen LogP contribution is -2.50. The van der Waals surface area contributed by atoms with E-state index >= 15 is 0 Å². The van der Waals surface area contributed by atoms with Gasteiger partial charge in [-0.1, -0.05) is 13.0 Å². The number of aryl methyl sites for hydroxylation is 1. The van der Waals surface area contributed by atoms with E-state index in [1.165, 1.54) is 0 Å². The second-order valence-corrected chi connectivity index (χ2v) is 7.15. The van der Waals surface area contributed by atoms with Crippen LogP contribution in [-0.2, 0) is 17.6 Å². The van der Waals surface area contributed by atoms with Crippen molar-refractivity contribution in [2.45, 2.75) is 45.1 Å². The molecule has 0 radical (unpaired) electrons. The Hall–Kier alpha value is -1.92. The summed E-state index contributed by atoms with van der Waals surface area (Å²) in [4.78, 5) is 24.2. The first-order valence-electron chi connectivity index (χ1n) is 8.60. The maximum atomic E-state index is 12.7. The van der Waals surface area contributed by atoms with Gasteiger partial charge in [-0.3, -0.25) is 14.8 Å². The van der Waals surface area contributed by atoms with Crippen LogP contribution in [0.4, 0.5) is 0 Å². The fourth-order valence-corrected chi connectivity index (χ4v) is 3.65. The zero-order chi connectivity index (χ0) is 17.2. The molecule has 0 saturated carbocycles. The van der Waals surface area contributed by atoms with Crippen molar-refractivity contribution in [3.05, 3.63) is 34.9 Å². The molecule has 1 aliphatic carbocycles. The molecule has 1 saturated heterocycles. The first-order valence-corrected chi connectivity index (χ1v) is 8.60. The van der Waals surface area contributed by atoms with Crippen LogP contribution in [0.2, 0.25) is 0 Å². The largest absolute Gasteiger partial charge is 0.353 e. The lowest BCUT2D eigenvalue weighted by Gasteiger charge is -2.35.